The lowest BCUT2D eigenvalue weighted by molar-refractivity contribution is -0.148. The molecule has 1 aromatic carbocycles. The monoisotopic (exact) mass is 702 g/mol. The molecule has 0 aliphatic carbocycles. The minimum Gasteiger partial charge on any atom is -0.379 e. The van der Waals surface area contributed by atoms with E-state index in [1.54, 1.807) is 26.2 Å². The molecule has 2 rings (SSSR count). The molecular weight excluding hydrogens is 634 g/mol. The third kappa shape index (κ3) is 11.5. The number of likely N-dealkylation sites (N-methyl/N-ethyl adjacent to an activating group) is 2. The molecular formula is C39H67N5O6. The highest BCUT2D eigenvalue weighted by Crippen LogP contribution is 2.29. The zero-order valence-electron chi connectivity index (χ0n) is 32.9. The third-order valence-corrected chi connectivity index (χ3v) is 10.5. The summed E-state index contributed by atoms with van der Waals surface area (Å²) in [6.07, 6.45) is 2.06. The summed E-state index contributed by atoms with van der Waals surface area (Å²) in [4.78, 5) is 60.3. The first kappa shape index (κ1) is 43.1. The summed E-state index contributed by atoms with van der Waals surface area (Å²) < 4.78 is 11.9. The predicted octanol–water partition coefficient (Wildman–Crippen LogP) is 3.99. The molecule has 1 aliphatic heterocycles. The average Bonchev–Trinajstić information content (AvgIpc) is 3.56. The van der Waals surface area contributed by atoms with E-state index in [1.807, 2.05) is 88.8 Å². The maximum absolute atomic E-state index is 14.2. The molecule has 11 heteroatoms. The lowest BCUT2D eigenvalue weighted by atomic mass is 9.89. The van der Waals surface area contributed by atoms with Gasteiger partial charge in [-0.2, -0.15) is 0 Å². The topological polar surface area (TPSA) is 121 Å². The number of nitrogens with zero attached hydrogens (tertiary/aromatic N) is 3. The van der Waals surface area contributed by atoms with E-state index < -0.39 is 30.2 Å². The van der Waals surface area contributed by atoms with Gasteiger partial charge in [0, 0.05) is 34.4 Å². The second-order valence-electron chi connectivity index (χ2n) is 15.0. The minimum atomic E-state index is -0.737. The lowest BCUT2D eigenvalue weighted by Crippen LogP contribution is -2.59. The van der Waals surface area contributed by atoms with E-state index in [-0.39, 0.29) is 59.9 Å². The van der Waals surface area contributed by atoms with Crippen molar-refractivity contribution in [1.82, 2.24) is 25.3 Å². The van der Waals surface area contributed by atoms with Crippen molar-refractivity contribution >= 4 is 23.6 Å². The van der Waals surface area contributed by atoms with Crippen molar-refractivity contribution in [2.45, 2.75) is 117 Å². The zero-order chi connectivity index (χ0) is 37.7. The van der Waals surface area contributed by atoms with Crippen molar-refractivity contribution in [2.75, 3.05) is 48.5 Å². The summed E-state index contributed by atoms with van der Waals surface area (Å²) >= 11 is 0. The highest BCUT2D eigenvalue weighted by molar-refractivity contribution is 5.90. The molecule has 284 valence electrons. The minimum absolute atomic E-state index is 0.0103. The molecule has 1 saturated heterocycles. The molecule has 0 spiro atoms. The summed E-state index contributed by atoms with van der Waals surface area (Å²) in [7, 11) is 8.66. The zero-order valence-corrected chi connectivity index (χ0v) is 32.9. The fraction of sp³-hybridized carbons (Fsp3) is 0.744. The van der Waals surface area contributed by atoms with Gasteiger partial charge in [-0.25, -0.2) is 0 Å². The van der Waals surface area contributed by atoms with E-state index in [2.05, 4.69) is 24.5 Å². The fourth-order valence-corrected chi connectivity index (χ4v) is 7.55. The standard InChI is InChI=1S/C39H67N5O6/c1-13-27(6)35(43(10)39(48)33(25(2)3)41-38(47)34(26(4)5)42(8)9)31(49-11)24-32(45)44-23-17-20-30(44)36(50-12)28(7)37(46)40-22-21-29-18-15-14-16-19-29/h14-16,18-19,25-28,30-31,33-36H,13,17,20-24H2,1-12H3,(H,40,46)(H,41,47)/t27-,28-,30+,31-,33+,34+,35+,36-/m1/s1. The number of carbonyl (C=O) groups is 4. The molecule has 0 radical (unpaired) electrons. The first-order chi connectivity index (χ1) is 23.6. The fourth-order valence-electron chi connectivity index (χ4n) is 7.55. The number of benzene rings is 1. The number of amides is 4. The number of nitrogens with one attached hydrogen (secondary N) is 2. The van der Waals surface area contributed by atoms with Crippen molar-refractivity contribution in [3.05, 3.63) is 35.9 Å². The number of methoxy groups -OCH3 is 2. The van der Waals surface area contributed by atoms with E-state index in [9.17, 15) is 19.2 Å². The summed E-state index contributed by atoms with van der Waals surface area (Å²) in [5, 5.41) is 6.09. The van der Waals surface area contributed by atoms with Crippen LogP contribution in [0.2, 0.25) is 0 Å². The van der Waals surface area contributed by atoms with Crippen LogP contribution >= 0.6 is 0 Å². The van der Waals surface area contributed by atoms with Crippen LogP contribution in [0.15, 0.2) is 30.3 Å². The number of hydrogen-bond donors (Lipinski definition) is 2. The van der Waals surface area contributed by atoms with Gasteiger partial charge >= 0.3 is 0 Å². The highest BCUT2D eigenvalue weighted by Gasteiger charge is 2.43. The molecule has 0 unspecified atom stereocenters. The van der Waals surface area contributed by atoms with Gasteiger partial charge in [-0.3, -0.25) is 24.1 Å². The number of carbonyl (C=O) groups excluding carboxylic acids is 4. The number of likely N-dealkylation sites (tertiary alicyclic amines) is 1. The summed E-state index contributed by atoms with van der Waals surface area (Å²) in [6, 6.07) is 8.23. The maximum atomic E-state index is 14.2. The summed E-state index contributed by atoms with van der Waals surface area (Å²) in [5.41, 5.74) is 1.15. The van der Waals surface area contributed by atoms with Crippen molar-refractivity contribution in [3.8, 4) is 0 Å². The van der Waals surface area contributed by atoms with Crippen molar-refractivity contribution in [3.63, 3.8) is 0 Å². The van der Waals surface area contributed by atoms with E-state index in [0.29, 0.717) is 13.1 Å². The van der Waals surface area contributed by atoms with E-state index >= 15 is 0 Å². The van der Waals surface area contributed by atoms with Crippen LogP contribution in [-0.2, 0) is 35.1 Å². The Labute approximate surface area is 302 Å². The quantitative estimate of drug-likeness (QED) is 0.211. The average molecular weight is 702 g/mol. The van der Waals surface area contributed by atoms with Crippen LogP contribution in [0.4, 0.5) is 0 Å². The molecule has 11 nitrogen and oxygen atoms in total. The molecule has 0 saturated carbocycles. The van der Waals surface area contributed by atoms with Crippen LogP contribution in [0.1, 0.15) is 79.7 Å². The van der Waals surface area contributed by atoms with Crippen LogP contribution in [0.5, 0.6) is 0 Å². The SMILES string of the molecule is CC[C@@H](C)[C@@H]([C@@H](CC(=O)N1CCC[C@H]1[C@H](OC)[C@@H](C)C(=O)NCCc1ccccc1)OC)N(C)C(=O)[C@@H](NC(=O)[C@H](C(C)C)N(C)C)C(C)C. The normalized spacial score (nSPS) is 19.1. The molecule has 1 aromatic rings. The Hall–Kier alpha value is -3.02. The predicted molar refractivity (Wildman–Crippen MR) is 198 cm³/mol. The van der Waals surface area contributed by atoms with Gasteiger partial charge in [0.25, 0.3) is 0 Å². The van der Waals surface area contributed by atoms with Gasteiger partial charge in [-0.1, -0.05) is 85.2 Å². The second-order valence-corrected chi connectivity index (χ2v) is 15.0. The smallest absolute Gasteiger partial charge is 0.245 e. The highest BCUT2D eigenvalue weighted by atomic mass is 16.5. The van der Waals surface area contributed by atoms with E-state index in [4.69, 9.17) is 9.47 Å². The Kier molecular flexibility index (Phi) is 17.9. The van der Waals surface area contributed by atoms with Gasteiger partial charge in [0.1, 0.15) is 6.04 Å². The number of hydrogen-bond acceptors (Lipinski definition) is 7. The van der Waals surface area contributed by atoms with E-state index in [0.717, 1.165) is 31.2 Å². The first-order valence-electron chi connectivity index (χ1n) is 18.5. The van der Waals surface area contributed by atoms with Gasteiger partial charge in [-0.05, 0) is 56.7 Å². The van der Waals surface area contributed by atoms with Crippen LogP contribution < -0.4 is 10.6 Å². The lowest BCUT2D eigenvalue weighted by Gasteiger charge is -2.41. The van der Waals surface area contributed by atoms with Gasteiger partial charge in [0.2, 0.25) is 23.6 Å². The van der Waals surface area contributed by atoms with Crippen LogP contribution in [0.3, 0.4) is 0 Å². The van der Waals surface area contributed by atoms with Crippen molar-refractivity contribution in [1.29, 1.82) is 0 Å². The second kappa shape index (κ2) is 20.7. The Balaban J connectivity index is 2.21. The molecule has 0 bridgehead atoms. The van der Waals surface area contributed by atoms with Crippen molar-refractivity contribution in [2.24, 2.45) is 23.7 Å². The molecule has 1 heterocycles. The summed E-state index contributed by atoms with van der Waals surface area (Å²) in [5.74, 6) is -1.13. The summed E-state index contributed by atoms with van der Waals surface area (Å²) in [6.45, 7) is 14.9. The van der Waals surface area contributed by atoms with Crippen molar-refractivity contribution < 1.29 is 28.7 Å². The maximum Gasteiger partial charge on any atom is 0.245 e. The molecule has 4 amide bonds. The van der Waals surface area contributed by atoms with Gasteiger partial charge in [-0.15, -0.1) is 0 Å². The molecule has 1 aliphatic rings. The largest absolute Gasteiger partial charge is 0.379 e. The molecule has 0 aromatic heterocycles. The van der Waals surface area contributed by atoms with Crippen LogP contribution in [0.25, 0.3) is 0 Å². The molecule has 50 heavy (non-hydrogen) atoms. The van der Waals surface area contributed by atoms with Crippen LogP contribution in [0, 0.1) is 23.7 Å². The van der Waals surface area contributed by atoms with Gasteiger partial charge in [0.15, 0.2) is 0 Å². The van der Waals surface area contributed by atoms with Gasteiger partial charge < -0.3 is 29.9 Å². The molecule has 2 N–H and O–H groups in total. The van der Waals surface area contributed by atoms with E-state index in [1.165, 1.54) is 0 Å². The Morgan fingerprint density at radius 3 is 2.08 bits per heavy atom. The molecule has 8 atom stereocenters. The Bertz CT molecular complexity index is 1200. The van der Waals surface area contributed by atoms with Gasteiger partial charge in [0.05, 0.1) is 42.7 Å². The Morgan fingerprint density at radius 1 is 0.920 bits per heavy atom. The molecule has 1 fully saturated rings. The number of rotatable bonds is 20. The third-order valence-electron chi connectivity index (χ3n) is 10.5. The number of ether oxygens (including phenoxy) is 2. The Morgan fingerprint density at radius 2 is 1.56 bits per heavy atom. The first-order valence-corrected chi connectivity index (χ1v) is 18.5. The van der Waals surface area contributed by atoms with Crippen LogP contribution in [-0.4, -0.2) is 123 Å².